The second kappa shape index (κ2) is 6.27. The van der Waals surface area contributed by atoms with Gasteiger partial charge < -0.3 is 4.57 Å². The van der Waals surface area contributed by atoms with E-state index in [2.05, 4.69) is 114 Å². The zero-order valence-electron chi connectivity index (χ0n) is 18.1. The van der Waals surface area contributed by atoms with Crippen molar-refractivity contribution in [1.29, 1.82) is 0 Å². The number of para-hydroxylation sites is 1. The number of aromatic nitrogens is 1. The van der Waals surface area contributed by atoms with Gasteiger partial charge in [-0.15, -0.1) is 0 Å². The highest BCUT2D eigenvalue weighted by Crippen LogP contribution is 2.36. The van der Waals surface area contributed by atoms with Crippen molar-refractivity contribution in [3.05, 3.63) is 120 Å². The molecule has 8 rings (SSSR count). The maximum atomic E-state index is 2.54. The van der Waals surface area contributed by atoms with E-state index < -0.39 is 0 Å². The summed E-state index contributed by atoms with van der Waals surface area (Å²) in [5.41, 5.74) is 13.8. The number of hydrogen-bond acceptors (Lipinski definition) is 0. The number of hydrogen-bond donors (Lipinski definition) is 0. The van der Waals surface area contributed by atoms with E-state index >= 15 is 0 Å². The van der Waals surface area contributed by atoms with Gasteiger partial charge >= 0.3 is 0 Å². The average molecular weight is 417 g/mol. The molecular formula is C31H20BN. The molecule has 6 aromatic rings. The number of fused-ring (bicyclic) bond motifs is 8. The third-order valence-corrected chi connectivity index (χ3v) is 7.69. The molecule has 5 aromatic carbocycles. The Labute approximate surface area is 193 Å². The third-order valence-electron chi connectivity index (χ3n) is 7.69. The number of rotatable bonds is 1. The van der Waals surface area contributed by atoms with Crippen molar-refractivity contribution in [3.8, 4) is 16.8 Å². The van der Waals surface area contributed by atoms with Gasteiger partial charge in [0.2, 0.25) is 6.71 Å². The Kier molecular flexibility index (Phi) is 3.33. The highest BCUT2D eigenvalue weighted by atomic mass is 15.0. The van der Waals surface area contributed by atoms with Crippen molar-refractivity contribution in [2.75, 3.05) is 0 Å². The first-order valence-electron chi connectivity index (χ1n) is 11.7. The van der Waals surface area contributed by atoms with Gasteiger partial charge in [0.15, 0.2) is 0 Å². The van der Waals surface area contributed by atoms with Crippen molar-refractivity contribution in [2.24, 2.45) is 0 Å². The lowest BCUT2D eigenvalue weighted by atomic mass is 9.32. The lowest BCUT2D eigenvalue weighted by Gasteiger charge is -2.33. The van der Waals surface area contributed by atoms with Crippen LogP contribution in [0.5, 0.6) is 0 Å². The fraction of sp³-hybridized carbons (Fsp3) is 0.0323. The summed E-state index contributed by atoms with van der Waals surface area (Å²) in [6, 6.07) is 40.5. The van der Waals surface area contributed by atoms with Gasteiger partial charge in [0, 0.05) is 22.0 Å². The summed E-state index contributed by atoms with van der Waals surface area (Å²) in [5, 5.41) is 2.70. The lowest BCUT2D eigenvalue weighted by molar-refractivity contribution is 1.16. The van der Waals surface area contributed by atoms with Crippen LogP contribution in [0.3, 0.4) is 0 Å². The highest BCUT2D eigenvalue weighted by Gasteiger charge is 2.38. The Morgan fingerprint density at radius 2 is 1.39 bits per heavy atom. The van der Waals surface area contributed by atoms with Crippen LogP contribution in [-0.4, -0.2) is 11.3 Å². The molecule has 0 N–H and O–H groups in total. The molecule has 0 atom stereocenters. The van der Waals surface area contributed by atoms with E-state index in [1.165, 1.54) is 66.1 Å². The Morgan fingerprint density at radius 3 is 2.33 bits per heavy atom. The molecule has 0 aliphatic carbocycles. The molecule has 1 aromatic heterocycles. The van der Waals surface area contributed by atoms with E-state index in [4.69, 9.17) is 0 Å². The molecule has 152 valence electrons. The molecule has 0 amide bonds. The summed E-state index contributed by atoms with van der Waals surface area (Å²) in [6.45, 7) is 0.283. The molecular weight excluding hydrogens is 397 g/mol. The summed E-state index contributed by atoms with van der Waals surface area (Å²) in [4.78, 5) is 0. The monoisotopic (exact) mass is 417 g/mol. The van der Waals surface area contributed by atoms with Crippen molar-refractivity contribution in [3.63, 3.8) is 0 Å². The van der Waals surface area contributed by atoms with E-state index in [-0.39, 0.29) is 6.71 Å². The van der Waals surface area contributed by atoms with Crippen LogP contribution in [0.15, 0.2) is 109 Å². The molecule has 0 bridgehead atoms. The van der Waals surface area contributed by atoms with E-state index in [0.29, 0.717) is 0 Å². The third kappa shape index (κ3) is 2.23. The smallest absolute Gasteiger partial charge is 0.247 e. The van der Waals surface area contributed by atoms with Gasteiger partial charge in [-0.3, -0.25) is 0 Å². The van der Waals surface area contributed by atoms with Crippen LogP contribution in [0.1, 0.15) is 11.1 Å². The highest BCUT2D eigenvalue weighted by molar-refractivity contribution is 6.98. The molecule has 0 radical (unpaired) electrons. The number of nitrogens with zero attached hydrogens (tertiary/aromatic N) is 1. The molecule has 0 unspecified atom stereocenters. The first kappa shape index (κ1) is 17.5. The van der Waals surface area contributed by atoms with E-state index in [0.717, 1.165) is 6.42 Å². The molecule has 0 saturated carbocycles. The van der Waals surface area contributed by atoms with E-state index in [9.17, 15) is 0 Å². The molecule has 33 heavy (non-hydrogen) atoms. The fourth-order valence-electron chi connectivity index (χ4n) is 6.30. The Hall–Kier alpha value is -4.04. The molecule has 0 saturated heterocycles. The van der Waals surface area contributed by atoms with Crippen molar-refractivity contribution >= 4 is 44.9 Å². The molecule has 0 fully saturated rings. The van der Waals surface area contributed by atoms with Crippen molar-refractivity contribution in [2.45, 2.75) is 6.42 Å². The molecule has 2 aliphatic heterocycles. The predicted molar refractivity (Wildman–Crippen MR) is 140 cm³/mol. The Balaban J connectivity index is 1.56. The molecule has 2 aliphatic rings. The van der Waals surface area contributed by atoms with Crippen LogP contribution in [0.25, 0.3) is 38.6 Å². The SMILES string of the molecule is c1ccc(-c2ccc3c(c2)-n2c4ccccc4c4ccc5c(c42)B3c2ccccc2C5)cc1. The first-order valence-corrected chi connectivity index (χ1v) is 11.7. The average Bonchev–Trinajstić information content (AvgIpc) is 3.23. The standard InChI is InChI=1S/C31H20BN/c1-2-8-20(9-3-1)21-15-17-27-29(19-21)33-28-13-7-5-11-24(28)25-16-14-23-18-22-10-4-6-12-26(22)32(27)30(23)31(25)33/h1-17,19H,18H2. The summed E-state index contributed by atoms with van der Waals surface area (Å²) in [6.07, 6.45) is 1.01. The maximum Gasteiger partial charge on any atom is 0.247 e. The van der Waals surface area contributed by atoms with Gasteiger partial charge in [-0.2, -0.15) is 0 Å². The Morgan fingerprint density at radius 1 is 0.576 bits per heavy atom. The van der Waals surface area contributed by atoms with Crippen LogP contribution in [0.2, 0.25) is 0 Å². The van der Waals surface area contributed by atoms with Crippen molar-refractivity contribution < 1.29 is 0 Å². The van der Waals surface area contributed by atoms with E-state index in [1.807, 2.05) is 0 Å². The van der Waals surface area contributed by atoms with Gasteiger partial charge in [-0.25, -0.2) is 0 Å². The zero-order valence-corrected chi connectivity index (χ0v) is 18.1. The second-order valence-electron chi connectivity index (χ2n) is 9.34. The van der Waals surface area contributed by atoms with Gasteiger partial charge in [-0.1, -0.05) is 103 Å². The number of benzene rings is 5. The van der Waals surface area contributed by atoms with Crippen LogP contribution < -0.4 is 16.4 Å². The van der Waals surface area contributed by atoms with E-state index in [1.54, 1.807) is 0 Å². The second-order valence-corrected chi connectivity index (χ2v) is 9.34. The van der Waals surface area contributed by atoms with Crippen LogP contribution in [0.4, 0.5) is 0 Å². The summed E-state index contributed by atoms with van der Waals surface area (Å²) < 4.78 is 2.54. The van der Waals surface area contributed by atoms with Crippen LogP contribution in [-0.2, 0) is 6.42 Å². The minimum Gasteiger partial charge on any atom is -0.310 e. The van der Waals surface area contributed by atoms with Gasteiger partial charge in [0.25, 0.3) is 0 Å². The largest absolute Gasteiger partial charge is 0.310 e. The fourth-order valence-corrected chi connectivity index (χ4v) is 6.30. The molecule has 3 heterocycles. The quantitative estimate of drug-likeness (QED) is 0.324. The van der Waals surface area contributed by atoms with Crippen molar-refractivity contribution in [1.82, 2.24) is 4.57 Å². The summed E-state index contributed by atoms with van der Waals surface area (Å²) >= 11 is 0. The maximum absolute atomic E-state index is 2.54. The minimum absolute atomic E-state index is 0.283. The van der Waals surface area contributed by atoms with Crippen LogP contribution >= 0.6 is 0 Å². The topological polar surface area (TPSA) is 4.93 Å². The normalized spacial score (nSPS) is 13.3. The summed E-state index contributed by atoms with van der Waals surface area (Å²) in [7, 11) is 0. The Bertz CT molecular complexity index is 1740. The van der Waals surface area contributed by atoms with Gasteiger partial charge in [0.05, 0.1) is 5.52 Å². The zero-order chi connectivity index (χ0) is 21.5. The van der Waals surface area contributed by atoms with Gasteiger partial charge in [-0.05, 0) is 51.7 Å². The summed E-state index contributed by atoms with van der Waals surface area (Å²) in [5.74, 6) is 0. The minimum atomic E-state index is 0.283. The molecule has 1 nitrogen and oxygen atoms in total. The lowest BCUT2D eigenvalue weighted by Crippen LogP contribution is -2.60. The molecule has 2 heteroatoms. The van der Waals surface area contributed by atoms with Crippen LogP contribution in [0, 0.1) is 0 Å². The predicted octanol–water partition coefficient (Wildman–Crippen LogP) is 5.18. The molecule has 0 spiro atoms. The first-order chi connectivity index (χ1) is 16.4. The van der Waals surface area contributed by atoms with Gasteiger partial charge in [0.1, 0.15) is 0 Å².